The number of amides is 1. The number of hydrogen-bond donors (Lipinski definition) is 1. The van der Waals surface area contributed by atoms with E-state index in [1.807, 2.05) is 0 Å². The predicted octanol–water partition coefficient (Wildman–Crippen LogP) is 5.13. The summed E-state index contributed by atoms with van der Waals surface area (Å²) in [7, 11) is 0. The van der Waals surface area contributed by atoms with Crippen molar-refractivity contribution >= 4 is 11.6 Å². The number of benzene rings is 2. The van der Waals surface area contributed by atoms with Gasteiger partial charge in [0.25, 0.3) is 5.91 Å². The van der Waals surface area contributed by atoms with E-state index in [0.29, 0.717) is 12.1 Å². The Morgan fingerprint density at radius 3 is 2.31 bits per heavy atom. The zero-order chi connectivity index (χ0) is 21.2. The smallest absolute Gasteiger partial charge is 0.433 e. The number of halogens is 5. The normalized spacial score (nSPS) is 11.2. The molecule has 0 fully saturated rings. The molecule has 10 heteroatoms. The molecule has 0 bridgehead atoms. The van der Waals surface area contributed by atoms with Crippen LogP contribution in [0.5, 0.6) is 11.6 Å². The van der Waals surface area contributed by atoms with Crippen LogP contribution in [0.3, 0.4) is 0 Å². The molecule has 150 valence electrons. The number of hydrogen-bond acceptors (Lipinski definition) is 4. The van der Waals surface area contributed by atoms with Gasteiger partial charge in [0, 0.05) is 17.8 Å². The van der Waals surface area contributed by atoms with Crippen molar-refractivity contribution in [1.82, 2.24) is 9.97 Å². The van der Waals surface area contributed by atoms with Crippen LogP contribution in [0.1, 0.15) is 21.9 Å². The van der Waals surface area contributed by atoms with Crippen LogP contribution in [-0.2, 0) is 6.18 Å². The fourth-order valence-electron chi connectivity index (χ4n) is 2.34. The van der Waals surface area contributed by atoms with Crippen molar-refractivity contribution in [1.29, 1.82) is 0 Å². The zero-order valence-corrected chi connectivity index (χ0v) is 14.7. The minimum atomic E-state index is -4.64. The third-order valence-electron chi connectivity index (χ3n) is 3.62. The minimum absolute atomic E-state index is 0.111. The summed E-state index contributed by atoms with van der Waals surface area (Å²) in [5.74, 6) is -2.87. The summed E-state index contributed by atoms with van der Waals surface area (Å²) >= 11 is 0. The second-order valence-corrected chi connectivity index (χ2v) is 5.84. The van der Waals surface area contributed by atoms with Gasteiger partial charge in [-0.05, 0) is 43.3 Å². The van der Waals surface area contributed by atoms with Crippen LogP contribution in [-0.4, -0.2) is 15.9 Å². The number of nitrogens with one attached hydrogen (secondary N) is 1. The lowest BCUT2D eigenvalue weighted by Gasteiger charge is -2.10. The maximum Gasteiger partial charge on any atom is 0.433 e. The molecule has 0 atom stereocenters. The Balaban J connectivity index is 1.72. The highest BCUT2D eigenvalue weighted by atomic mass is 19.4. The molecule has 3 aromatic rings. The largest absolute Gasteiger partial charge is 0.439 e. The van der Waals surface area contributed by atoms with Crippen molar-refractivity contribution in [2.75, 3.05) is 5.32 Å². The molecule has 1 heterocycles. The maximum absolute atomic E-state index is 13.6. The first kappa shape index (κ1) is 20.2. The fraction of sp³-hybridized carbons (Fsp3) is 0.105. The Morgan fingerprint density at radius 1 is 1.00 bits per heavy atom. The minimum Gasteiger partial charge on any atom is -0.439 e. The van der Waals surface area contributed by atoms with E-state index in [1.165, 1.54) is 31.2 Å². The Kier molecular flexibility index (Phi) is 5.44. The van der Waals surface area contributed by atoms with Gasteiger partial charge in [-0.25, -0.2) is 13.8 Å². The monoisotopic (exact) mass is 409 g/mol. The average Bonchev–Trinajstić information content (AvgIpc) is 2.62. The summed E-state index contributed by atoms with van der Waals surface area (Å²) in [6.45, 7) is 1.30. The molecule has 0 radical (unpaired) electrons. The molecule has 0 aliphatic rings. The van der Waals surface area contributed by atoms with Gasteiger partial charge in [-0.3, -0.25) is 4.79 Å². The van der Waals surface area contributed by atoms with Crippen LogP contribution >= 0.6 is 0 Å². The summed E-state index contributed by atoms with van der Waals surface area (Å²) in [6.07, 6.45) is -4.64. The van der Waals surface area contributed by atoms with Gasteiger partial charge < -0.3 is 10.1 Å². The first-order valence-electron chi connectivity index (χ1n) is 8.09. The number of rotatable bonds is 4. The van der Waals surface area contributed by atoms with Crippen molar-refractivity contribution in [2.45, 2.75) is 13.1 Å². The number of aryl methyl sites for hydroxylation is 1. The van der Waals surface area contributed by atoms with Gasteiger partial charge in [0.05, 0.1) is 5.56 Å². The van der Waals surface area contributed by atoms with E-state index in [-0.39, 0.29) is 28.7 Å². The summed E-state index contributed by atoms with van der Waals surface area (Å²) in [5, 5.41) is 2.42. The summed E-state index contributed by atoms with van der Waals surface area (Å²) < 4.78 is 70.3. The van der Waals surface area contributed by atoms with Gasteiger partial charge in [-0.2, -0.15) is 18.2 Å². The molecule has 0 saturated carbocycles. The quantitative estimate of drug-likeness (QED) is 0.607. The summed E-state index contributed by atoms with van der Waals surface area (Å²) in [4.78, 5) is 19.2. The van der Waals surface area contributed by atoms with Crippen molar-refractivity contribution in [3.05, 3.63) is 77.2 Å². The molecule has 0 spiro atoms. The molecular weight excluding hydrogens is 397 g/mol. The summed E-state index contributed by atoms with van der Waals surface area (Å²) in [5.41, 5.74) is -1.21. The fourth-order valence-corrected chi connectivity index (χ4v) is 2.34. The highest BCUT2D eigenvalue weighted by Gasteiger charge is 2.33. The SMILES string of the molecule is Cc1nc(Oc2ccc(NC(=O)c3ccc(F)cc3F)cc2)cc(C(F)(F)F)n1. The molecule has 2 aromatic carbocycles. The van der Waals surface area contributed by atoms with E-state index in [1.54, 1.807) is 0 Å². The molecule has 1 N–H and O–H groups in total. The van der Waals surface area contributed by atoms with Gasteiger partial charge in [0.1, 0.15) is 23.2 Å². The molecule has 3 rings (SSSR count). The molecule has 0 aliphatic heterocycles. The Morgan fingerprint density at radius 2 is 1.69 bits per heavy atom. The van der Waals surface area contributed by atoms with E-state index >= 15 is 0 Å². The number of carbonyl (C=O) groups excluding carboxylic acids is 1. The van der Waals surface area contributed by atoms with Crippen LogP contribution in [0.2, 0.25) is 0 Å². The summed E-state index contributed by atoms with van der Waals surface area (Å²) in [6, 6.07) is 8.76. The second-order valence-electron chi connectivity index (χ2n) is 5.84. The van der Waals surface area contributed by atoms with E-state index < -0.39 is 29.4 Å². The number of carbonyl (C=O) groups is 1. The first-order valence-corrected chi connectivity index (χ1v) is 8.09. The topological polar surface area (TPSA) is 64.1 Å². The zero-order valence-electron chi connectivity index (χ0n) is 14.7. The number of alkyl halides is 3. The van der Waals surface area contributed by atoms with Gasteiger partial charge >= 0.3 is 6.18 Å². The molecular formula is C19H12F5N3O2. The Labute approximate surface area is 161 Å². The maximum atomic E-state index is 13.6. The van der Waals surface area contributed by atoms with Crippen LogP contribution in [0.4, 0.5) is 27.6 Å². The van der Waals surface area contributed by atoms with Crippen molar-refractivity contribution in [3.8, 4) is 11.6 Å². The second kappa shape index (κ2) is 7.82. The van der Waals surface area contributed by atoms with Crippen molar-refractivity contribution in [2.24, 2.45) is 0 Å². The molecule has 0 aliphatic carbocycles. The number of nitrogens with zero attached hydrogens (tertiary/aromatic N) is 2. The van der Waals surface area contributed by atoms with Gasteiger partial charge in [0.15, 0.2) is 5.69 Å². The van der Waals surface area contributed by atoms with Gasteiger partial charge in [-0.15, -0.1) is 0 Å². The molecule has 5 nitrogen and oxygen atoms in total. The number of anilines is 1. The average molecular weight is 409 g/mol. The third kappa shape index (κ3) is 5.03. The molecule has 0 unspecified atom stereocenters. The third-order valence-corrected chi connectivity index (χ3v) is 3.62. The van der Waals surface area contributed by atoms with Gasteiger partial charge in [0.2, 0.25) is 5.88 Å². The first-order chi connectivity index (χ1) is 13.6. The standard InChI is InChI=1S/C19H12F5N3O2/c1-10-25-16(19(22,23)24)9-17(26-10)29-13-5-3-12(4-6-13)27-18(28)14-7-2-11(20)8-15(14)21/h2-9H,1H3,(H,27,28). The van der Waals surface area contributed by atoms with E-state index in [0.717, 1.165) is 12.1 Å². The van der Waals surface area contributed by atoms with Crippen LogP contribution < -0.4 is 10.1 Å². The van der Waals surface area contributed by atoms with E-state index in [9.17, 15) is 26.7 Å². The predicted molar refractivity (Wildman–Crippen MR) is 92.6 cm³/mol. The van der Waals surface area contributed by atoms with Crippen LogP contribution in [0.25, 0.3) is 0 Å². The van der Waals surface area contributed by atoms with Crippen molar-refractivity contribution in [3.63, 3.8) is 0 Å². The van der Waals surface area contributed by atoms with Crippen LogP contribution in [0, 0.1) is 18.6 Å². The van der Waals surface area contributed by atoms with E-state index in [4.69, 9.17) is 4.74 Å². The highest BCUT2D eigenvalue weighted by Crippen LogP contribution is 2.31. The molecule has 0 saturated heterocycles. The molecule has 29 heavy (non-hydrogen) atoms. The lowest BCUT2D eigenvalue weighted by atomic mass is 10.2. The van der Waals surface area contributed by atoms with Crippen molar-refractivity contribution < 1.29 is 31.5 Å². The Bertz CT molecular complexity index is 1050. The molecule has 1 amide bonds. The number of ether oxygens (including phenoxy) is 1. The highest BCUT2D eigenvalue weighted by molar-refractivity contribution is 6.04. The van der Waals surface area contributed by atoms with E-state index in [2.05, 4.69) is 15.3 Å². The Hall–Kier alpha value is -3.56. The van der Waals surface area contributed by atoms with Crippen LogP contribution in [0.15, 0.2) is 48.5 Å². The lowest BCUT2D eigenvalue weighted by Crippen LogP contribution is -2.13. The number of aromatic nitrogens is 2. The van der Waals surface area contributed by atoms with Gasteiger partial charge in [-0.1, -0.05) is 0 Å². The lowest BCUT2D eigenvalue weighted by molar-refractivity contribution is -0.141. The molecule has 1 aromatic heterocycles.